The molecule has 1 fully saturated rings. The molecule has 0 saturated carbocycles. The normalized spacial score (nSPS) is 24.6. The second-order valence-electron chi connectivity index (χ2n) is 6.79. The molecule has 1 N–H and O–H groups in total. The summed E-state index contributed by atoms with van der Waals surface area (Å²) in [6, 6.07) is 1.42. The Kier molecular flexibility index (Phi) is 7.96. The van der Waals surface area contributed by atoms with Crippen LogP contribution in [-0.2, 0) is 0 Å². The first-order chi connectivity index (χ1) is 9.00. The molecule has 19 heavy (non-hydrogen) atoms. The van der Waals surface area contributed by atoms with Gasteiger partial charge in [0.1, 0.15) is 0 Å². The summed E-state index contributed by atoms with van der Waals surface area (Å²) in [7, 11) is 2.25. The number of nitrogens with one attached hydrogen (secondary N) is 1. The smallest absolute Gasteiger partial charge is 0.0197 e. The largest absolute Gasteiger partial charge is 0.316 e. The van der Waals surface area contributed by atoms with Gasteiger partial charge >= 0.3 is 0 Å². The molecule has 1 aliphatic rings. The highest BCUT2D eigenvalue weighted by Crippen LogP contribution is 2.15. The second kappa shape index (κ2) is 8.93. The Hall–Kier alpha value is -0.120. The van der Waals surface area contributed by atoms with Crippen LogP contribution < -0.4 is 5.32 Å². The Morgan fingerprint density at radius 2 is 1.95 bits per heavy atom. The van der Waals surface area contributed by atoms with Crippen LogP contribution in [-0.4, -0.2) is 61.7 Å². The summed E-state index contributed by atoms with van der Waals surface area (Å²) < 4.78 is 0. The minimum Gasteiger partial charge on any atom is -0.316 e. The van der Waals surface area contributed by atoms with Gasteiger partial charge < -0.3 is 10.2 Å². The molecular weight excluding hydrogens is 234 g/mol. The van der Waals surface area contributed by atoms with Crippen LogP contribution in [0, 0.1) is 5.92 Å². The highest BCUT2D eigenvalue weighted by Gasteiger charge is 2.23. The molecule has 114 valence electrons. The van der Waals surface area contributed by atoms with Crippen LogP contribution in [0.4, 0.5) is 0 Å². The predicted octanol–water partition coefficient (Wildman–Crippen LogP) is 2.43. The van der Waals surface area contributed by atoms with Crippen LogP contribution in [0.2, 0.25) is 0 Å². The van der Waals surface area contributed by atoms with Crippen molar-refractivity contribution < 1.29 is 0 Å². The fourth-order valence-electron chi connectivity index (χ4n) is 3.12. The van der Waals surface area contributed by atoms with Crippen LogP contribution in [0.5, 0.6) is 0 Å². The average Bonchev–Trinajstić information content (AvgIpc) is 2.49. The third-order valence-corrected chi connectivity index (χ3v) is 4.19. The van der Waals surface area contributed by atoms with E-state index in [1.807, 2.05) is 0 Å². The summed E-state index contributed by atoms with van der Waals surface area (Å²) >= 11 is 0. The molecule has 0 aliphatic carbocycles. The van der Waals surface area contributed by atoms with E-state index in [1.165, 1.54) is 45.4 Å². The molecule has 3 nitrogen and oxygen atoms in total. The van der Waals surface area contributed by atoms with Crippen molar-refractivity contribution in [2.45, 2.75) is 59.0 Å². The van der Waals surface area contributed by atoms with Gasteiger partial charge in [-0.15, -0.1) is 0 Å². The van der Waals surface area contributed by atoms with Gasteiger partial charge in [0.05, 0.1) is 0 Å². The van der Waals surface area contributed by atoms with Crippen molar-refractivity contribution in [3.8, 4) is 0 Å². The third kappa shape index (κ3) is 6.73. The van der Waals surface area contributed by atoms with Gasteiger partial charge in [-0.1, -0.05) is 13.8 Å². The van der Waals surface area contributed by atoms with Crippen molar-refractivity contribution in [2.75, 3.05) is 39.8 Å². The molecule has 0 aromatic carbocycles. The Labute approximate surface area is 120 Å². The minimum atomic E-state index is 0.700. The van der Waals surface area contributed by atoms with Crippen molar-refractivity contribution >= 4 is 0 Å². The van der Waals surface area contributed by atoms with E-state index in [4.69, 9.17) is 0 Å². The highest BCUT2D eigenvalue weighted by molar-refractivity contribution is 4.79. The van der Waals surface area contributed by atoms with Crippen molar-refractivity contribution in [1.29, 1.82) is 0 Å². The van der Waals surface area contributed by atoms with Crippen molar-refractivity contribution in [3.63, 3.8) is 0 Å². The van der Waals surface area contributed by atoms with E-state index in [2.05, 4.69) is 49.9 Å². The van der Waals surface area contributed by atoms with Crippen molar-refractivity contribution in [1.82, 2.24) is 15.1 Å². The lowest BCUT2D eigenvalue weighted by Crippen LogP contribution is -2.43. The number of hydrogen-bond donors (Lipinski definition) is 1. The summed E-state index contributed by atoms with van der Waals surface area (Å²) in [6.45, 7) is 15.4. The molecular formula is C16H35N3. The van der Waals surface area contributed by atoms with E-state index in [1.54, 1.807) is 0 Å². The Bertz CT molecular complexity index is 230. The lowest BCUT2D eigenvalue weighted by atomic mass is 10.1. The molecule has 2 atom stereocenters. The Balaban J connectivity index is 2.22. The lowest BCUT2D eigenvalue weighted by molar-refractivity contribution is 0.144. The number of nitrogens with zero attached hydrogens (tertiary/aromatic N) is 2. The van der Waals surface area contributed by atoms with E-state index < -0.39 is 0 Å². The van der Waals surface area contributed by atoms with Gasteiger partial charge in [-0.05, 0) is 72.3 Å². The van der Waals surface area contributed by atoms with Gasteiger partial charge in [-0.25, -0.2) is 0 Å². The molecule has 0 aromatic rings. The predicted molar refractivity (Wildman–Crippen MR) is 84.7 cm³/mol. The molecule has 0 spiro atoms. The van der Waals surface area contributed by atoms with Gasteiger partial charge in [0, 0.05) is 18.6 Å². The van der Waals surface area contributed by atoms with Crippen molar-refractivity contribution in [3.05, 3.63) is 0 Å². The zero-order chi connectivity index (χ0) is 14.3. The fraction of sp³-hybridized carbons (Fsp3) is 1.00. The maximum atomic E-state index is 3.55. The zero-order valence-electron chi connectivity index (χ0n) is 13.8. The first kappa shape index (κ1) is 16.9. The van der Waals surface area contributed by atoms with Crippen LogP contribution in [0.3, 0.4) is 0 Å². The highest BCUT2D eigenvalue weighted by atomic mass is 15.2. The standard InChI is InChI=1S/C16H35N3/c1-14(2)12-17-9-6-8-15(3)19-11-7-10-18(5)13-16(19)4/h14-17H,6-13H2,1-5H3. The first-order valence-corrected chi connectivity index (χ1v) is 8.15. The quantitative estimate of drug-likeness (QED) is 0.716. The number of likely N-dealkylation sites (N-methyl/N-ethyl adjacent to an activating group) is 1. The van der Waals surface area contributed by atoms with E-state index in [9.17, 15) is 0 Å². The molecule has 1 aliphatic heterocycles. The average molecular weight is 269 g/mol. The molecule has 0 amide bonds. The summed E-state index contributed by atoms with van der Waals surface area (Å²) in [6.07, 6.45) is 3.93. The Morgan fingerprint density at radius 1 is 1.21 bits per heavy atom. The van der Waals surface area contributed by atoms with Gasteiger partial charge in [0.25, 0.3) is 0 Å². The summed E-state index contributed by atoms with van der Waals surface area (Å²) in [4.78, 5) is 5.19. The van der Waals surface area contributed by atoms with Crippen LogP contribution in [0.25, 0.3) is 0 Å². The second-order valence-corrected chi connectivity index (χ2v) is 6.79. The minimum absolute atomic E-state index is 0.700. The first-order valence-electron chi connectivity index (χ1n) is 8.15. The number of hydrogen-bond acceptors (Lipinski definition) is 3. The van der Waals surface area contributed by atoms with Gasteiger partial charge in [0.2, 0.25) is 0 Å². The van der Waals surface area contributed by atoms with E-state index in [0.717, 1.165) is 18.5 Å². The molecule has 1 heterocycles. The van der Waals surface area contributed by atoms with Gasteiger partial charge in [-0.2, -0.15) is 0 Å². The van der Waals surface area contributed by atoms with E-state index in [-0.39, 0.29) is 0 Å². The molecule has 0 radical (unpaired) electrons. The molecule has 3 heteroatoms. The van der Waals surface area contributed by atoms with Crippen molar-refractivity contribution in [2.24, 2.45) is 5.92 Å². The Morgan fingerprint density at radius 3 is 2.63 bits per heavy atom. The maximum Gasteiger partial charge on any atom is 0.0197 e. The summed E-state index contributed by atoms with van der Waals surface area (Å²) in [5.41, 5.74) is 0. The SMILES string of the molecule is CC(C)CNCCCC(C)N1CCCN(C)CC1C. The van der Waals surface area contributed by atoms with Gasteiger partial charge in [-0.3, -0.25) is 4.90 Å². The van der Waals surface area contributed by atoms with Crippen LogP contribution >= 0.6 is 0 Å². The van der Waals surface area contributed by atoms with Crippen LogP contribution in [0.15, 0.2) is 0 Å². The van der Waals surface area contributed by atoms with E-state index in [0.29, 0.717) is 6.04 Å². The molecule has 0 aromatic heterocycles. The topological polar surface area (TPSA) is 18.5 Å². The zero-order valence-corrected chi connectivity index (χ0v) is 13.8. The van der Waals surface area contributed by atoms with Gasteiger partial charge in [0.15, 0.2) is 0 Å². The fourth-order valence-corrected chi connectivity index (χ4v) is 3.12. The maximum absolute atomic E-state index is 3.55. The van der Waals surface area contributed by atoms with E-state index >= 15 is 0 Å². The number of rotatable bonds is 7. The molecule has 1 rings (SSSR count). The monoisotopic (exact) mass is 269 g/mol. The summed E-state index contributed by atoms with van der Waals surface area (Å²) in [5, 5.41) is 3.55. The molecule has 1 saturated heterocycles. The summed E-state index contributed by atoms with van der Waals surface area (Å²) in [5.74, 6) is 0.763. The molecule has 0 bridgehead atoms. The van der Waals surface area contributed by atoms with Crippen LogP contribution in [0.1, 0.15) is 47.0 Å². The molecule has 2 unspecified atom stereocenters. The lowest BCUT2D eigenvalue weighted by Gasteiger charge is -2.33. The third-order valence-electron chi connectivity index (χ3n) is 4.19.